The van der Waals surface area contributed by atoms with Gasteiger partial charge in [-0.2, -0.15) is 0 Å². The summed E-state index contributed by atoms with van der Waals surface area (Å²) in [5.74, 6) is -0.249. The number of carbonyl (C=O) groups excluding carboxylic acids is 1. The fourth-order valence-corrected chi connectivity index (χ4v) is 2.57. The van der Waals surface area contributed by atoms with E-state index in [-0.39, 0.29) is 11.8 Å². The van der Waals surface area contributed by atoms with E-state index in [1.807, 2.05) is 0 Å². The minimum atomic E-state index is -3.58. The van der Waals surface area contributed by atoms with Crippen LogP contribution in [0.4, 0.5) is 0 Å². The smallest absolute Gasteiger partial charge is 0.238 e. The summed E-state index contributed by atoms with van der Waals surface area (Å²) < 4.78 is 28.8. The molecule has 1 atom stereocenters. The maximum absolute atomic E-state index is 12.0. The van der Waals surface area contributed by atoms with Crippen LogP contribution in [0, 0.1) is 6.92 Å². The van der Waals surface area contributed by atoms with Crippen LogP contribution in [-0.2, 0) is 20.4 Å². The Bertz CT molecular complexity index is 519. The molecular weight excluding hydrogens is 256 g/mol. The Morgan fingerprint density at radius 1 is 1.44 bits per heavy atom. The van der Waals surface area contributed by atoms with Crippen LogP contribution >= 0.6 is 0 Å². The van der Waals surface area contributed by atoms with Gasteiger partial charge in [0.15, 0.2) is 9.84 Å². The largest absolute Gasteiger partial charge is 0.361 e. The Hall–Kier alpha value is -1.37. The molecule has 1 aromatic heterocycles. The van der Waals surface area contributed by atoms with Gasteiger partial charge in [0, 0.05) is 12.1 Å². The molecule has 1 aromatic rings. The average Bonchev–Trinajstić information content (AvgIpc) is 2.60. The minimum absolute atomic E-state index is 0.0931. The number of nitrogens with one attached hydrogen (secondary N) is 1. The highest BCUT2D eigenvalue weighted by molar-refractivity contribution is 7.92. The van der Waals surface area contributed by atoms with Crippen molar-refractivity contribution in [3.63, 3.8) is 0 Å². The second-order valence-electron chi connectivity index (χ2n) is 4.54. The molecule has 1 amide bonds. The normalized spacial score (nSPS) is 13.6. The molecule has 0 aliphatic carbocycles. The molecule has 102 valence electrons. The molecule has 0 bridgehead atoms. The summed E-state index contributed by atoms with van der Waals surface area (Å²) in [5.41, 5.74) is 0.316. The third-order valence-corrected chi connectivity index (χ3v) is 4.35. The van der Waals surface area contributed by atoms with Gasteiger partial charge in [-0.1, -0.05) is 5.16 Å². The number of aromatic nitrogens is 1. The molecule has 1 rings (SSSR count). The highest BCUT2D eigenvalue weighted by atomic mass is 32.2. The van der Waals surface area contributed by atoms with Crippen molar-refractivity contribution < 1.29 is 17.7 Å². The number of nitrogens with zero attached hydrogens (tertiary/aromatic N) is 1. The zero-order valence-corrected chi connectivity index (χ0v) is 11.7. The van der Waals surface area contributed by atoms with Gasteiger partial charge in [-0.25, -0.2) is 8.42 Å². The first-order chi connectivity index (χ1) is 8.22. The van der Waals surface area contributed by atoms with Crippen molar-refractivity contribution in [3.8, 4) is 0 Å². The predicted molar refractivity (Wildman–Crippen MR) is 66.6 cm³/mol. The van der Waals surface area contributed by atoms with E-state index in [2.05, 4.69) is 10.5 Å². The molecular formula is C11H18N2O4S. The average molecular weight is 274 g/mol. The zero-order valence-electron chi connectivity index (χ0n) is 10.9. The van der Waals surface area contributed by atoms with E-state index in [4.69, 9.17) is 4.52 Å². The monoisotopic (exact) mass is 274 g/mol. The first-order valence-electron chi connectivity index (χ1n) is 5.66. The van der Waals surface area contributed by atoms with E-state index in [0.717, 1.165) is 0 Å². The van der Waals surface area contributed by atoms with Gasteiger partial charge < -0.3 is 9.84 Å². The zero-order chi connectivity index (χ0) is 13.9. The molecule has 0 aliphatic rings. The molecule has 6 nitrogen and oxygen atoms in total. The van der Waals surface area contributed by atoms with E-state index in [0.29, 0.717) is 11.5 Å². The van der Waals surface area contributed by atoms with E-state index in [1.54, 1.807) is 26.8 Å². The Morgan fingerprint density at radius 3 is 2.50 bits per heavy atom. The number of carbonyl (C=O) groups is 1. The number of rotatable bonds is 5. The Kier molecular flexibility index (Phi) is 4.50. The van der Waals surface area contributed by atoms with Gasteiger partial charge >= 0.3 is 0 Å². The van der Waals surface area contributed by atoms with Gasteiger partial charge in [-0.05, 0) is 27.7 Å². The van der Waals surface area contributed by atoms with Crippen molar-refractivity contribution in [1.29, 1.82) is 0 Å². The maximum atomic E-state index is 12.0. The summed E-state index contributed by atoms with van der Waals surface area (Å²) >= 11 is 0. The third kappa shape index (κ3) is 3.83. The van der Waals surface area contributed by atoms with Gasteiger partial charge in [0.1, 0.15) is 11.0 Å². The van der Waals surface area contributed by atoms with Crippen molar-refractivity contribution in [1.82, 2.24) is 10.5 Å². The van der Waals surface area contributed by atoms with E-state index >= 15 is 0 Å². The Balaban J connectivity index is 2.77. The lowest BCUT2D eigenvalue weighted by Crippen LogP contribution is -2.41. The fourth-order valence-electron chi connectivity index (χ4n) is 1.38. The topological polar surface area (TPSA) is 89.3 Å². The third-order valence-electron chi connectivity index (χ3n) is 2.36. The Morgan fingerprint density at radius 2 is 2.06 bits per heavy atom. The van der Waals surface area contributed by atoms with Crippen molar-refractivity contribution in [2.45, 2.75) is 44.7 Å². The summed E-state index contributed by atoms with van der Waals surface area (Å²) in [6, 6.07) is 1.45. The summed E-state index contributed by atoms with van der Waals surface area (Å²) in [6.07, 6.45) is 0. The van der Waals surface area contributed by atoms with Crippen LogP contribution in [-0.4, -0.2) is 30.8 Å². The van der Waals surface area contributed by atoms with Crippen LogP contribution < -0.4 is 5.32 Å². The maximum Gasteiger partial charge on any atom is 0.238 e. The summed E-state index contributed by atoms with van der Waals surface area (Å²) in [6.45, 7) is 6.61. The van der Waals surface area contributed by atoms with Crippen molar-refractivity contribution in [3.05, 3.63) is 17.5 Å². The highest BCUT2D eigenvalue weighted by Gasteiger charge is 2.29. The van der Waals surface area contributed by atoms with Crippen molar-refractivity contribution in [2.24, 2.45) is 0 Å². The number of hydrogen-bond acceptors (Lipinski definition) is 5. The van der Waals surface area contributed by atoms with Crippen LogP contribution in [0.2, 0.25) is 0 Å². The van der Waals surface area contributed by atoms with E-state index < -0.39 is 21.0 Å². The van der Waals surface area contributed by atoms with Crippen molar-refractivity contribution >= 4 is 15.7 Å². The van der Waals surface area contributed by atoms with Crippen LogP contribution in [0.3, 0.4) is 0 Å². The first kappa shape index (κ1) is 14.7. The summed E-state index contributed by atoms with van der Waals surface area (Å²) in [4.78, 5) is 11.7. The molecule has 0 saturated heterocycles. The second kappa shape index (κ2) is 5.51. The molecule has 7 heteroatoms. The molecule has 0 fully saturated rings. The number of hydrogen-bond donors (Lipinski definition) is 1. The molecule has 0 saturated carbocycles. The summed E-state index contributed by atoms with van der Waals surface area (Å²) in [7, 11) is -3.58. The number of amides is 1. The molecule has 1 heterocycles. The van der Waals surface area contributed by atoms with Gasteiger partial charge in [-0.3, -0.25) is 4.79 Å². The van der Waals surface area contributed by atoms with Gasteiger partial charge in [-0.15, -0.1) is 0 Å². The second-order valence-corrected chi connectivity index (χ2v) is 6.86. The van der Waals surface area contributed by atoms with Gasteiger partial charge in [0.2, 0.25) is 5.91 Å². The molecule has 0 aromatic carbocycles. The van der Waals surface area contributed by atoms with Crippen LogP contribution in [0.1, 0.15) is 32.2 Å². The lowest BCUT2D eigenvalue weighted by molar-refractivity contribution is -0.120. The van der Waals surface area contributed by atoms with Crippen LogP contribution in [0.15, 0.2) is 10.6 Å². The quantitative estimate of drug-likeness (QED) is 0.858. The van der Waals surface area contributed by atoms with Crippen molar-refractivity contribution in [2.75, 3.05) is 0 Å². The predicted octanol–water partition coefficient (Wildman–Crippen LogP) is 0.811. The van der Waals surface area contributed by atoms with E-state index in [1.165, 1.54) is 6.92 Å². The minimum Gasteiger partial charge on any atom is -0.361 e. The Labute approximate surface area is 107 Å². The molecule has 0 aliphatic heterocycles. The molecule has 0 radical (unpaired) electrons. The highest BCUT2D eigenvalue weighted by Crippen LogP contribution is 2.12. The molecule has 18 heavy (non-hydrogen) atoms. The molecule has 1 N–H and O–H groups in total. The number of sulfone groups is 1. The standard InChI is InChI=1S/C11H18N2O4S/c1-7(2)12-11(14)9(4)18(15,16)6-10-5-8(3)17-13-10/h5,7,9H,6H2,1-4H3,(H,12,14). The lowest BCUT2D eigenvalue weighted by Gasteiger charge is -2.14. The van der Waals surface area contributed by atoms with Gasteiger partial charge in [0.05, 0.1) is 11.4 Å². The number of aryl methyl sites for hydroxylation is 1. The van der Waals surface area contributed by atoms with E-state index in [9.17, 15) is 13.2 Å². The molecule has 1 unspecified atom stereocenters. The van der Waals surface area contributed by atoms with Gasteiger partial charge in [0.25, 0.3) is 0 Å². The van der Waals surface area contributed by atoms with Crippen LogP contribution in [0.25, 0.3) is 0 Å². The summed E-state index contributed by atoms with van der Waals surface area (Å²) in [5, 5.41) is 5.10. The first-order valence-corrected chi connectivity index (χ1v) is 7.38. The lowest BCUT2D eigenvalue weighted by atomic mass is 10.3. The molecule has 0 spiro atoms. The fraction of sp³-hybridized carbons (Fsp3) is 0.636. The SMILES string of the molecule is Cc1cc(CS(=O)(=O)C(C)C(=O)NC(C)C)no1. The van der Waals surface area contributed by atoms with Crippen LogP contribution in [0.5, 0.6) is 0 Å².